The van der Waals surface area contributed by atoms with Crippen LogP contribution in [0.4, 0.5) is 26.3 Å². The van der Waals surface area contributed by atoms with Crippen molar-refractivity contribution in [2.24, 2.45) is 0 Å². The van der Waals surface area contributed by atoms with Crippen molar-refractivity contribution < 1.29 is 26.3 Å². The van der Waals surface area contributed by atoms with Crippen molar-refractivity contribution in [3.63, 3.8) is 0 Å². The summed E-state index contributed by atoms with van der Waals surface area (Å²) in [4.78, 5) is -0.533. The Balaban J connectivity index is 2.98. The Bertz CT molecular complexity index is 677. The third-order valence-electron chi connectivity index (χ3n) is 3.48. The van der Waals surface area contributed by atoms with E-state index in [9.17, 15) is 26.3 Å². The zero-order chi connectivity index (χ0) is 17.5. The minimum atomic E-state index is -5.62. The van der Waals surface area contributed by atoms with Crippen LogP contribution in [-0.2, 0) is 5.41 Å². The van der Waals surface area contributed by atoms with Crippen LogP contribution in [0.15, 0.2) is 58.3 Å². The lowest BCUT2D eigenvalue weighted by molar-refractivity contribution is -0.289. The molecule has 8 heteroatoms. The fourth-order valence-corrected chi connectivity index (χ4v) is 2.99. The molecule has 124 valence electrons. The highest BCUT2D eigenvalue weighted by Gasteiger charge is 2.73. The van der Waals surface area contributed by atoms with Gasteiger partial charge in [0.05, 0.1) is 0 Å². The van der Waals surface area contributed by atoms with E-state index < -0.39 is 33.8 Å². The average molecular weight is 368 g/mol. The van der Waals surface area contributed by atoms with E-state index in [-0.39, 0.29) is 4.90 Å². The molecule has 0 spiro atoms. The molecule has 0 N–H and O–H groups in total. The standard InChI is InChI=1S/C15H10F6S2/c16-14(17,18)13(15(19,20)21,9-5-2-1-3-6-9)10-7-4-8-11(22)12(10)23/h1-8,22-23H. The predicted molar refractivity (Wildman–Crippen MR) is 80.3 cm³/mol. The number of benzene rings is 2. The molecule has 2 rings (SSSR count). The van der Waals surface area contributed by atoms with E-state index >= 15 is 0 Å². The smallest absolute Gasteiger partial charge is 0.169 e. The van der Waals surface area contributed by atoms with Crippen molar-refractivity contribution in [2.45, 2.75) is 27.6 Å². The van der Waals surface area contributed by atoms with Gasteiger partial charge in [0.15, 0.2) is 0 Å². The van der Waals surface area contributed by atoms with Crippen LogP contribution in [0.2, 0.25) is 0 Å². The van der Waals surface area contributed by atoms with Gasteiger partial charge in [0, 0.05) is 9.79 Å². The number of alkyl halides is 6. The van der Waals surface area contributed by atoms with Crippen molar-refractivity contribution in [1.29, 1.82) is 0 Å². The maximum absolute atomic E-state index is 13.8. The van der Waals surface area contributed by atoms with Crippen LogP contribution in [0.3, 0.4) is 0 Å². The molecule has 0 amide bonds. The average Bonchev–Trinajstić information content (AvgIpc) is 2.42. The highest BCUT2D eigenvalue weighted by Crippen LogP contribution is 2.57. The first-order valence-corrected chi connectivity index (χ1v) is 7.13. The monoisotopic (exact) mass is 368 g/mol. The number of hydrogen-bond acceptors (Lipinski definition) is 2. The maximum atomic E-state index is 13.8. The largest absolute Gasteiger partial charge is 0.411 e. The van der Waals surface area contributed by atoms with E-state index in [4.69, 9.17) is 0 Å². The Morgan fingerprint density at radius 3 is 1.65 bits per heavy atom. The van der Waals surface area contributed by atoms with Crippen LogP contribution in [0.5, 0.6) is 0 Å². The van der Waals surface area contributed by atoms with E-state index in [2.05, 4.69) is 25.3 Å². The number of rotatable bonds is 2. The predicted octanol–water partition coefficient (Wildman–Crippen LogP) is 5.67. The third kappa shape index (κ3) is 2.82. The molecule has 0 aliphatic carbocycles. The summed E-state index contributed by atoms with van der Waals surface area (Å²) < 4.78 is 82.7. The van der Waals surface area contributed by atoms with Gasteiger partial charge in [-0.3, -0.25) is 0 Å². The summed E-state index contributed by atoms with van der Waals surface area (Å²) in [5.74, 6) is 0. The molecule has 2 aromatic rings. The molecule has 0 unspecified atom stereocenters. The Labute approximate surface area is 139 Å². The minimum absolute atomic E-state index is 0.0698. The fraction of sp³-hybridized carbons (Fsp3) is 0.200. The molecule has 0 aliphatic rings. The van der Waals surface area contributed by atoms with Crippen LogP contribution in [0, 0.1) is 0 Å². The molecule has 0 heterocycles. The molecule has 0 atom stereocenters. The summed E-state index contributed by atoms with van der Waals surface area (Å²) in [5, 5.41) is 0. The summed E-state index contributed by atoms with van der Waals surface area (Å²) in [5.41, 5.74) is -6.11. The van der Waals surface area contributed by atoms with Gasteiger partial charge in [0.25, 0.3) is 0 Å². The zero-order valence-electron chi connectivity index (χ0n) is 11.3. The lowest BCUT2D eigenvalue weighted by Crippen LogP contribution is -2.55. The molecular weight excluding hydrogens is 358 g/mol. The Morgan fingerprint density at radius 1 is 0.652 bits per heavy atom. The summed E-state index contributed by atoms with van der Waals surface area (Å²) >= 11 is 7.73. The van der Waals surface area contributed by atoms with Crippen LogP contribution in [-0.4, -0.2) is 12.4 Å². The van der Waals surface area contributed by atoms with Gasteiger partial charge in [0.2, 0.25) is 5.41 Å². The first-order chi connectivity index (χ1) is 10.5. The highest BCUT2D eigenvalue weighted by atomic mass is 32.1. The van der Waals surface area contributed by atoms with Gasteiger partial charge in [-0.1, -0.05) is 42.5 Å². The van der Waals surface area contributed by atoms with Crippen molar-refractivity contribution in [2.75, 3.05) is 0 Å². The second-order valence-electron chi connectivity index (χ2n) is 4.78. The van der Waals surface area contributed by atoms with Gasteiger partial charge in [-0.2, -0.15) is 26.3 Å². The minimum Gasteiger partial charge on any atom is -0.169 e. The Kier molecular flexibility index (Phi) is 4.69. The lowest BCUT2D eigenvalue weighted by Gasteiger charge is -2.39. The molecule has 23 heavy (non-hydrogen) atoms. The van der Waals surface area contributed by atoms with E-state index in [0.29, 0.717) is 0 Å². The van der Waals surface area contributed by atoms with Crippen LogP contribution in [0.1, 0.15) is 11.1 Å². The van der Waals surface area contributed by atoms with Gasteiger partial charge in [-0.15, -0.1) is 25.3 Å². The van der Waals surface area contributed by atoms with Gasteiger partial charge in [0.1, 0.15) is 0 Å². The molecular formula is C15H10F6S2. The third-order valence-corrected chi connectivity index (χ3v) is 4.51. The van der Waals surface area contributed by atoms with Gasteiger partial charge < -0.3 is 0 Å². The zero-order valence-corrected chi connectivity index (χ0v) is 13.1. The number of thiol groups is 2. The van der Waals surface area contributed by atoms with Crippen LogP contribution >= 0.6 is 25.3 Å². The SMILES string of the molecule is FC(F)(F)C(c1ccccc1)(c1cccc(S)c1S)C(F)(F)F. The topological polar surface area (TPSA) is 0 Å². The molecule has 0 nitrogen and oxygen atoms in total. The fourth-order valence-electron chi connectivity index (χ4n) is 2.47. The highest BCUT2D eigenvalue weighted by molar-refractivity contribution is 7.83. The van der Waals surface area contributed by atoms with Gasteiger partial charge in [-0.25, -0.2) is 0 Å². The summed E-state index contributed by atoms with van der Waals surface area (Å²) in [6.45, 7) is 0. The second kappa shape index (κ2) is 5.98. The van der Waals surface area contributed by atoms with Gasteiger partial charge in [-0.05, 0) is 17.2 Å². The second-order valence-corrected chi connectivity index (χ2v) is 5.71. The molecule has 0 bridgehead atoms. The molecule has 0 saturated heterocycles. The normalized spacial score (nSPS) is 13.2. The van der Waals surface area contributed by atoms with Crippen molar-refractivity contribution >= 4 is 25.3 Å². The number of halogens is 6. The first kappa shape index (κ1) is 18.1. The first-order valence-electron chi connectivity index (χ1n) is 6.24. The van der Waals surface area contributed by atoms with E-state index in [1.54, 1.807) is 0 Å². The molecule has 0 aliphatic heterocycles. The molecule has 0 radical (unpaired) electrons. The van der Waals surface area contributed by atoms with E-state index in [0.717, 1.165) is 36.4 Å². The Morgan fingerprint density at radius 2 is 1.17 bits per heavy atom. The Hall–Kier alpha value is -1.28. The summed E-state index contributed by atoms with van der Waals surface area (Å²) in [6, 6.07) is 8.35. The van der Waals surface area contributed by atoms with Crippen molar-refractivity contribution in [1.82, 2.24) is 0 Å². The van der Waals surface area contributed by atoms with Gasteiger partial charge >= 0.3 is 12.4 Å². The quantitative estimate of drug-likeness (QED) is 0.495. The van der Waals surface area contributed by atoms with E-state index in [1.807, 2.05) is 0 Å². The maximum Gasteiger partial charge on any atom is 0.411 e. The van der Waals surface area contributed by atoms with Crippen molar-refractivity contribution in [3.8, 4) is 0 Å². The van der Waals surface area contributed by atoms with E-state index in [1.165, 1.54) is 12.1 Å². The molecule has 0 fully saturated rings. The van der Waals surface area contributed by atoms with Crippen LogP contribution < -0.4 is 0 Å². The molecule has 0 saturated carbocycles. The lowest BCUT2D eigenvalue weighted by atomic mass is 9.73. The number of hydrogen-bond donors (Lipinski definition) is 2. The van der Waals surface area contributed by atoms with Crippen molar-refractivity contribution in [3.05, 3.63) is 59.7 Å². The molecule has 0 aromatic heterocycles. The summed E-state index contributed by atoms with van der Waals surface area (Å²) in [6.07, 6.45) is -11.2. The molecule has 2 aromatic carbocycles. The summed E-state index contributed by atoms with van der Waals surface area (Å²) in [7, 11) is 0. The van der Waals surface area contributed by atoms with Crippen LogP contribution in [0.25, 0.3) is 0 Å².